The molecule has 2 rings (SSSR count). The van der Waals surface area contributed by atoms with Crippen LogP contribution in [0.2, 0.25) is 0 Å². The normalized spacial score (nSPS) is 28.4. The summed E-state index contributed by atoms with van der Waals surface area (Å²) in [5, 5.41) is 0. The van der Waals surface area contributed by atoms with Crippen LogP contribution in [0, 0.1) is 11.3 Å². The van der Waals surface area contributed by atoms with Crippen LogP contribution in [-0.2, 0) is 4.79 Å². The quantitative estimate of drug-likeness (QED) is 0.752. The van der Waals surface area contributed by atoms with Gasteiger partial charge in [0.2, 0.25) is 5.91 Å². The molecule has 0 bridgehead atoms. The van der Waals surface area contributed by atoms with Gasteiger partial charge in [-0.15, -0.1) is 12.4 Å². The number of hydrogen-bond acceptors (Lipinski definition) is 2. The van der Waals surface area contributed by atoms with Crippen molar-refractivity contribution in [2.24, 2.45) is 17.1 Å². The molecule has 3 nitrogen and oxygen atoms in total. The summed E-state index contributed by atoms with van der Waals surface area (Å²) in [6.45, 7) is 4.62. The highest BCUT2D eigenvalue weighted by molar-refractivity contribution is 5.85. The molecule has 1 aliphatic heterocycles. The predicted molar refractivity (Wildman–Crippen MR) is 58.3 cm³/mol. The second-order valence-corrected chi connectivity index (χ2v) is 4.70. The van der Waals surface area contributed by atoms with Gasteiger partial charge in [-0.3, -0.25) is 4.79 Å². The van der Waals surface area contributed by atoms with Crippen LogP contribution in [0.3, 0.4) is 0 Å². The number of nitrogens with two attached hydrogens (primary N) is 1. The number of carbonyl (C=O) groups excluding carboxylic acids is 1. The highest BCUT2D eigenvalue weighted by Crippen LogP contribution is 2.47. The Morgan fingerprint density at radius 3 is 2.64 bits per heavy atom. The lowest BCUT2D eigenvalue weighted by molar-refractivity contribution is -0.135. The van der Waals surface area contributed by atoms with E-state index in [1.165, 1.54) is 0 Å². The molecular formula is C10H19ClN2O. The summed E-state index contributed by atoms with van der Waals surface area (Å²) >= 11 is 0. The minimum absolute atomic E-state index is 0. The smallest absolute Gasteiger partial charge is 0.228 e. The van der Waals surface area contributed by atoms with Gasteiger partial charge in [0.1, 0.15) is 0 Å². The van der Waals surface area contributed by atoms with Crippen LogP contribution in [0.1, 0.15) is 26.2 Å². The summed E-state index contributed by atoms with van der Waals surface area (Å²) in [6, 6.07) is 0. The zero-order chi connectivity index (χ0) is 9.47. The van der Waals surface area contributed by atoms with Gasteiger partial charge in [-0.05, 0) is 31.7 Å². The Kier molecular flexibility index (Phi) is 3.43. The van der Waals surface area contributed by atoms with Gasteiger partial charge in [0.25, 0.3) is 0 Å². The second kappa shape index (κ2) is 4.07. The minimum atomic E-state index is 0. The zero-order valence-corrected chi connectivity index (χ0v) is 9.48. The van der Waals surface area contributed by atoms with Crippen molar-refractivity contribution in [3.8, 4) is 0 Å². The van der Waals surface area contributed by atoms with Crippen molar-refractivity contribution in [2.75, 3.05) is 19.6 Å². The molecule has 1 atom stereocenters. The first-order valence-corrected chi connectivity index (χ1v) is 5.15. The maximum atomic E-state index is 11.9. The monoisotopic (exact) mass is 218 g/mol. The van der Waals surface area contributed by atoms with Crippen LogP contribution < -0.4 is 5.73 Å². The topological polar surface area (TPSA) is 46.3 Å². The number of nitrogens with zero attached hydrogens (tertiary/aromatic N) is 1. The number of carbonyl (C=O) groups is 1. The van der Waals surface area contributed by atoms with E-state index < -0.39 is 0 Å². The van der Waals surface area contributed by atoms with Crippen molar-refractivity contribution in [1.29, 1.82) is 0 Å². The maximum absolute atomic E-state index is 11.9. The van der Waals surface area contributed by atoms with Crippen LogP contribution in [0.5, 0.6) is 0 Å². The largest absolute Gasteiger partial charge is 0.342 e. The van der Waals surface area contributed by atoms with Gasteiger partial charge in [-0.25, -0.2) is 0 Å². The summed E-state index contributed by atoms with van der Waals surface area (Å²) in [5.41, 5.74) is 5.59. The number of likely N-dealkylation sites (tertiary alicyclic amines) is 1. The molecule has 82 valence electrons. The summed E-state index contributed by atoms with van der Waals surface area (Å²) in [4.78, 5) is 13.9. The molecule has 0 spiro atoms. The molecule has 0 radical (unpaired) electrons. The van der Waals surface area contributed by atoms with E-state index in [1.807, 2.05) is 4.90 Å². The van der Waals surface area contributed by atoms with E-state index in [4.69, 9.17) is 5.73 Å². The Bertz CT molecular complexity index is 228. The first-order chi connectivity index (χ1) is 6.15. The van der Waals surface area contributed by atoms with Gasteiger partial charge in [-0.1, -0.05) is 6.92 Å². The Balaban J connectivity index is 0.000000980. The number of hydrogen-bond donors (Lipinski definition) is 1. The zero-order valence-electron chi connectivity index (χ0n) is 8.66. The van der Waals surface area contributed by atoms with E-state index in [9.17, 15) is 4.79 Å². The van der Waals surface area contributed by atoms with Gasteiger partial charge in [0, 0.05) is 18.5 Å². The first kappa shape index (κ1) is 11.8. The molecule has 1 saturated carbocycles. The van der Waals surface area contributed by atoms with E-state index in [-0.39, 0.29) is 17.8 Å². The lowest BCUT2D eigenvalue weighted by Gasteiger charge is -2.20. The van der Waals surface area contributed by atoms with Crippen LogP contribution in [0.15, 0.2) is 0 Å². The fourth-order valence-corrected chi connectivity index (χ4v) is 1.99. The van der Waals surface area contributed by atoms with Crippen molar-refractivity contribution in [1.82, 2.24) is 4.90 Å². The molecule has 0 aromatic rings. The van der Waals surface area contributed by atoms with Crippen molar-refractivity contribution in [3.63, 3.8) is 0 Å². The molecule has 1 heterocycles. The molecule has 1 aliphatic carbocycles. The standard InChI is InChI=1S/C10H18N2O.ClH/c1-10(3-4-10)9(13)12-5-2-8(6-11)7-12;/h8H,2-7,11H2,1H3;1H/t8-;/m1./s1. The Labute approximate surface area is 91.4 Å². The molecule has 0 aromatic heterocycles. The summed E-state index contributed by atoms with van der Waals surface area (Å²) < 4.78 is 0. The van der Waals surface area contributed by atoms with Crippen molar-refractivity contribution in [2.45, 2.75) is 26.2 Å². The molecule has 14 heavy (non-hydrogen) atoms. The van der Waals surface area contributed by atoms with Crippen molar-refractivity contribution >= 4 is 18.3 Å². The molecule has 0 unspecified atom stereocenters. The molecular weight excluding hydrogens is 200 g/mol. The predicted octanol–water partition coefficient (Wildman–Crippen LogP) is 1.02. The Hall–Kier alpha value is -0.280. The third-order valence-electron chi connectivity index (χ3n) is 3.42. The van der Waals surface area contributed by atoms with Crippen molar-refractivity contribution in [3.05, 3.63) is 0 Å². The molecule has 1 amide bonds. The second-order valence-electron chi connectivity index (χ2n) is 4.70. The third kappa shape index (κ3) is 2.04. The van der Waals surface area contributed by atoms with Crippen LogP contribution in [-0.4, -0.2) is 30.4 Å². The summed E-state index contributed by atoms with van der Waals surface area (Å²) in [6.07, 6.45) is 3.25. The SMILES string of the molecule is CC1(C(=O)N2CC[C@H](CN)C2)CC1.Cl. The number of halogens is 1. The molecule has 4 heteroatoms. The fourth-order valence-electron chi connectivity index (χ4n) is 1.99. The highest BCUT2D eigenvalue weighted by Gasteiger charge is 2.48. The van der Waals surface area contributed by atoms with E-state index in [0.717, 1.165) is 38.9 Å². The van der Waals surface area contributed by atoms with E-state index >= 15 is 0 Å². The van der Waals surface area contributed by atoms with Gasteiger partial charge in [0.05, 0.1) is 0 Å². The highest BCUT2D eigenvalue weighted by atomic mass is 35.5. The van der Waals surface area contributed by atoms with Crippen LogP contribution in [0.4, 0.5) is 0 Å². The first-order valence-electron chi connectivity index (χ1n) is 5.15. The average molecular weight is 219 g/mol. The van der Waals surface area contributed by atoms with Crippen LogP contribution in [0.25, 0.3) is 0 Å². The summed E-state index contributed by atoms with van der Waals surface area (Å²) in [7, 11) is 0. The minimum Gasteiger partial charge on any atom is -0.342 e. The number of rotatable bonds is 2. The van der Waals surface area contributed by atoms with Gasteiger partial charge in [-0.2, -0.15) is 0 Å². The average Bonchev–Trinajstić information content (AvgIpc) is 2.71. The maximum Gasteiger partial charge on any atom is 0.228 e. The molecule has 2 fully saturated rings. The van der Waals surface area contributed by atoms with Crippen molar-refractivity contribution < 1.29 is 4.79 Å². The van der Waals surface area contributed by atoms with Gasteiger partial charge < -0.3 is 10.6 Å². The molecule has 2 aliphatic rings. The van der Waals surface area contributed by atoms with Gasteiger partial charge in [0.15, 0.2) is 0 Å². The third-order valence-corrected chi connectivity index (χ3v) is 3.42. The van der Waals surface area contributed by atoms with E-state index in [2.05, 4.69) is 6.92 Å². The van der Waals surface area contributed by atoms with E-state index in [0.29, 0.717) is 11.8 Å². The molecule has 0 aromatic carbocycles. The summed E-state index contributed by atoms with van der Waals surface area (Å²) in [5.74, 6) is 0.912. The molecule has 1 saturated heterocycles. The fraction of sp³-hybridized carbons (Fsp3) is 0.900. The lowest BCUT2D eigenvalue weighted by Crippen LogP contribution is -2.34. The molecule has 2 N–H and O–H groups in total. The number of amides is 1. The Morgan fingerprint density at radius 1 is 1.57 bits per heavy atom. The van der Waals surface area contributed by atoms with Gasteiger partial charge >= 0.3 is 0 Å². The lowest BCUT2D eigenvalue weighted by atomic mass is 10.1. The van der Waals surface area contributed by atoms with E-state index in [1.54, 1.807) is 0 Å². The Morgan fingerprint density at radius 2 is 2.21 bits per heavy atom. The van der Waals surface area contributed by atoms with Crippen LogP contribution >= 0.6 is 12.4 Å².